The molecular weight excluding hydrogens is 114 g/mol. The molecule has 0 unspecified atom stereocenters. The Kier molecular flexibility index (Phi) is 1.78. The molecule has 0 amide bonds. The van der Waals surface area contributed by atoms with E-state index < -0.39 is 5.72 Å². The van der Waals surface area contributed by atoms with Crippen LogP contribution in [0.4, 0.5) is 0 Å². The predicted octanol–water partition coefficient (Wildman–Crippen LogP) is 0.844. The van der Waals surface area contributed by atoms with Crippen LogP contribution in [0.5, 0.6) is 0 Å². The SMILES string of the molecule is CC1CCC(N)(O)CC1. The van der Waals surface area contributed by atoms with Crippen LogP contribution in [0.25, 0.3) is 0 Å². The Hall–Kier alpha value is -0.0800. The minimum Gasteiger partial charge on any atom is -0.376 e. The van der Waals surface area contributed by atoms with Gasteiger partial charge in [0.15, 0.2) is 0 Å². The van der Waals surface area contributed by atoms with Crippen LogP contribution in [0.3, 0.4) is 0 Å². The van der Waals surface area contributed by atoms with E-state index in [0.717, 1.165) is 31.6 Å². The molecule has 3 N–H and O–H groups in total. The zero-order valence-electron chi connectivity index (χ0n) is 5.93. The lowest BCUT2D eigenvalue weighted by Gasteiger charge is -2.30. The van der Waals surface area contributed by atoms with Crippen LogP contribution in [-0.2, 0) is 0 Å². The first-order valence-electron chi connectivity index (χ1n) is 3.61. The van der Waals surface area contributed by atoms with E-state index in [1.54, 1.807) is 0 Å². The molecule has 0 aromatic rings. The normalized spacial score (nSPS) is 45.0. The van der Waals surface area contributed by atoms with Crippen LogP contribution < -0.4 is 5.73 Å². The van der Waals surface area contributed by atoms with E-state index >= 15 is 0 Å². The molecule has 9 heavy (non-hydrogen) atoms. The highest BCUT2D eigenvalue weighted by atomic mass is 16.3. The molecule has 54 valence electrons. The molecular formula is C7H15NO. The van der Waals surface area contributed by atoms with Gasteiger partial charge in [-0.1, -0.05) is 6.92 Å². The van der Waals surface area contributed by atoms with Crippen molar-refractivity contribution in [1.82, 2.24) is 0 Å². The Balaban J connectivity index is 2.35. The third-order valence-corrected chi connectivity index (χ3v) is 2.14. The molecule has 0 spiro atoms. The first-order valence-corrected chi connectivity index (χ1v) is 3.61. The zero-order valence-corrected chi connectivity index (χ0v) is 5.93. The maximum atomic E-state index is 9.27. The summed E-state index contributed by atoms with van der Waals surface area (Å²) in [5, 5.41) is 9.27. The van der Waals surface area contributed by atoms with Gasteiger partial charge in [0.05, 0.1) is 0 Å². The number of rotatable bonds is 0. The fourth-order valence-electron chi connectivity index (χ4n) is 1.26. The van der Waals surface area contributed by atoms with E-state index in [0.29, 0.717) is 0 Å². The van der Waals surface area contributed by atoms with Gasteiger partial charge >= 0.3 is 0 Å². The molecule has 0 aromatic heterocycles. The van der Waals surface area contributed by atoms with Gasteiger partial charge in [-0.15, -0.1) is 0 Å². The van der Waals surface area contributed by atoms with Gasteiger partial charge in [-0.25, -0.2) is 0 Å². The van der Waals surface area contributed by atoms with Crippen LogP contribution in [0.15, 0.2) is 0 Å². The Morgan fingerprint density at radius 3 is 2.22 bits per heavy atom. The fourth-order valence-corrected chi connectivity index (χ4v) is 1.26. The van der Waals surface area contributed by atoms with Gasteiger partial charge in [-0.2, -0.15) is 0 Å². The van der Waals surface area contributed by atoms with Crippen molar-refractivity contribution in [2.24, 2.45) is 11.7 Å². The van der Waals surface area contributed by atoms with Crippen molar-refractivity contribution in [3.8, 4) is 0 Å². The molecule has 0 aromatic carbocycles. The van der Waals surface area contributed by atoms with Gasteiger partial charge in [0.2, 0.25) is 0 Å². The molecule has 1 fully saturated rings. The van der Waals surface area contributed by atoms with Gasteiger partial charge in [-0.3, -0.25) is 0 Å². The molecule has 0 saturated heterocycles. The van der Waals surface area contributed by atoms with Gasteiger partial charge < -0.3 is 10.8 Å². The van der Waals surface area contributed by atoms with Gasteiger partial charge in [0.25, 0.3) is 0 Å². The molecule has 0 radical (unpaired) electrons. The standard InChI is InChI=1S/C7H15NO/c1-6-2-4-7(8,9)5-3-6/h6,9H,2-5,8H2,1H3. The lowest BCUT2D eigenvalue weighted by Crippen LogP contribution is -2.42. The van der Waals surface area contributed by atoms with Crippen molar-refractivity contribution in [2.45, 2.75) is 38.3 Å². The second kappa shape index (κ2) is 2.27. The highest BCUT2D eigenvalue weighted by Crippen LogP contribution is 2.27. The Labute approximate surface area is 56.1 Å². The Morgan fingerprint density at radius 2 is 1.89 bits per heavy atom. The first-order chi connectivity index (χ1) is 4.10. The van der Waals surface area contributed by atoms with Crippen molar-refractivity contribution in [3.05, 3.63) is 0 Å². The average Bonchev–Trinajstić information content (AvgIpc) is 1.78. The third kappa shape index (κ3) is 1.95. The molecule has 0 bridgehead atoms. The van der Waals surface area contributed by atoms with E-state index in [1.807, 2.05) is 0 Å². The van der Waals surface area contributed by atoms with Crippen LogP contribution in [0.2, 0.25) is 0 Å². The summed E-state index contributed by atoms with van der Waals surface area (Å²) >= 11 is 0. The summed E-state index contributed by atoms with van der Waals surface area (Å²) < 4.78 is 0. The zero-order chi connectivity index (χ0) is 6.91. The number of nitrogens with two attached hydrogens (primary N) is 1. The maximum absolute atomic E-state index is 9.27. The quantitative estimate of drug-likeness (QED) is 0.476. The minimum atomic E-state index is -0.841. The molecule has 1 rings (SSSR count). The molecule has 0 atom stereocenters. The molecule has 0 aliphatic heterocycles. The van der Waals surface area contributed by atoms with Gasteiger partial charge in [0.1, 0.15) is 5.72 Å². The summed E-state index contributed by atoms with van der Waals surface area (Å²) in [4.78, 5) is 0. The van der Waals surface area contributed by atoms with Crippen molar-refractivity contribution in [2.75, 3.05) is 0 Å². The van der Waals surface area contributed by atoms with Crippen molar-refractivity contribution < 1.29 is 5.11 Å². The summed E-state index contributed by atoms with van der Waals surface area (Å²) in [5.41, 5.74) is 4.65. The van der Waals surface area contributed by atoms with E-state index in [4.69, 9.17) is 5.73 Å². The fraction of sp³-hybridized carbons (Fsp3) is 1.00. The smallest absolute Gasteiger partial charge is 0.113 e. The van der Waals surface area contributed by atoms with E-state index in [2.05, 4.69) is 6.92 Å². The summed E-state index contributed by atoms with van der Waals surface area (Å²) in [6, 6.07) is 0. The third-order valence-electron chi connectivity index (χ3n) is 2.14. The molecule has 1 aliphatic rings. The van der Waals surface area contributed by atoms with Crippen LogP contribution >= 0.6 is 0 Å². The lowest BCUT2D eigenvalue weighted by molar-refractivity contribution is -0.00119. The predicted molar refractivity (Wildman–Crippen MR) is 36.8 cm³/mol. The second-order valence-corrected chi connectivity index (χ2v) is 3.29. The Morgan fingerprint density at radius 1 is 1.44 bits per heavy atom. The van der Waals surface area contributed by atoms with Gasteiger partial charge in [-0.05, 0) is 31.6 Å². The highest BCUT2D eigenvalue weighted by Gasteiger charge is 2.26. The molecule has 0 heterocycles. The molecule has 1 saturated carbocycles. The van der Waals surface area contributed by atoms with Crippen LogP contribution in [-0.4, -0.2) is 10.8 Å². The molecule has 2 nitrogen and oxygen atoms in total. The topological polar surface area (TPSA) is 46.2 Å². The van der Waals surface area contributed by atoms with Crippen LogP contribution in [0, 0.1) is 5.92 Å². The summed E-state index contributed by atoms with van der Waals surface area (Å²) in [5.74, 6) is 0.758. The Bertz CT molecular complexity index is 91.1. The van der Waals surface area contributed by atoms with Crippen LogP contribution in [0.1, 0.15) is 32.6 Å². The van der Waals surface area contributed by atoms with Crippen molar-refractivity contribution >= 4 is 0 Å². The summed E-state index contributed by atoms with van der Waals surface area (Å²) in [6.07, 6.45) is 3.70. The van der Waals surface area contributed by atoms with E-state index in [9.17, 15) is 5.11 Å². The minimum absolute atomic E-state index is 0.758. The summed E-state index contributed by atoms with van der Waals surface area (Å²) in [6.45, 7) is 2.20. The largest absolute Gasteiger partial charge is 0.376 e. The second-order valence-electron chi connectivity index (χ2n) is 3.29. The summed E-state index contributed by atoms with van der Waals surface area (Å²) in [7, 11) is 0. The van der Waals surface area contributed by atoms with E-state index in [1.165, 1.54) is 0 Å². The first kappa shape index (κ1) is 7.03. The number of aliphatic hydroxyl groups is 1. The highest BCUT2D eigenvalue weighted by molar-refractivity contribution is 4.77. The van der Waals surface area contributed by atoms with Crippen molar-refractivity contribution in [3.63, 3.8) is 0 Å². The maximum Gasteiger partial charge on any atom is 0.113 e. The number of hydrogen-bond acceptors (Lipinski definition) is 2. The van der Waals surface area contributed by atoms with E-state index in [-0.39, 0.29) is 0 Å². The van der Waals surface area contributed by atoms with Crippen molar-refractivity contribution in [1.29, 1.82) is 0 Å². The average molecular weight is 129 g/mol. The van der Waals surface area contributed by atoms with Gasteiger partial charge in [0, 0.05) is 0 Å². The monoisotopic (exact) mass is 129 g/mol. The molecule has 2 heteroatoms. The molecule has 1 aliphatic carbocycles. The lowest BCUT2D eigenvalue weighted by atomic mass is 9.85. The number of hydrogen-bond donors (Lipinski definition) is 2.